The molecule has 0 unspecified atom stereocenters. The summed E-state index contributed by atoms with van der Waals surface area (Å²) < 4.78 is 27.1. The summed E-state index contributed by atoms with van der Waals surface area (Å²) in [4.78, 5) is 16.6. The van der Waals surface area contributed by atoms with Crippen LogP contribution in [0, 0.1) is 5.92 Å². The summed E-state index contributed by atoms with van der Waals surface area (Å²) in [6.45, 7) is 7.25. The molecule has 1 N–H and O–H groups in total. The first-order chi connectivity index (χ1) is 10.8. The third-order valence-corrected chi connectivity index (χ3v) is 5.28. The van der Waals surface area contributed by atoms with Crippen molar-refractivity contribution < 1.29 is 13.2 Å². The molecule has 1 saturated heterocycles. The maximum absolute atomic E-state index is 12.5. The van der Waals surface area contributed by atoms with Gasteiger partial charge >= 0.3 is 0 Å². The zero-order valence-corrected chi connectivity index (χ0v) is 14.8. The summed E-state index contributed by atoms with van der Waals surface area (Å²) in [5, 5.41) is 0. The van der Waals surface area contributed by atoms with Crippen LogP contribution in [-0.4, -0.2) is 63.9 Å². The van der Waals surface area contributed by atoms with Gasteiger partial charge in [-0.05, 0) is 31.2 Å². The zero-order valence-electron chi connectivity index (χ0n) is 13.9. The van der Waals surface area contributed by atoms with Gasteiger partial charge in [0.05, 0.1) is 4.90 Å². The molecule has 0 bridgehead atoms. The largest absolute Gasteiger partial charge is 0.336 e. The Morgan fingerprint density at radius 1 is 1.22 bits per heavy atom. The molecular weight excluding hydrogens is 314 g/mol. The topological polar surface area (TPSA) is 69.7 Å². The molecule has 0 spiro atoms. The van der Waals surface area contributed by atoms with Crippen LogP contribution in [0.5, 0.6) is 0 Å². The molecule has 0 aliphatic carbocycles. The number of sulfonamides is 1. The van der Waals surface area contributed by atoms with Crippen LogP contribution in [0.4, 0.5) is 0 Å². The van der Waals surface area contributed by atoms with Gasteiger partial charge in [0.25, 0.3) is 5.91 Å². The van der Waals surface area contributed by atoms with E-state index >= 15 is 0 Å². The fourth-order valence-electron chi connectivity index (χ4n) is 2.35. The molecule has 1 aromatic carbocycles. The van der Waals surface area contributed by atoms with Crippen LogP contribution in [0.25, 0.3) is 0 Å². The van der Waals surface area contributed by atoms with E-state index in [0.29, 0.717) is 25.2 Å². The highest BCUT2D eigenvalue weighted by Gasteiger charge is 2.22. The predicted octanol–water partition coefficient (Wildman–Crippen LogP) is 1.01. The minimum absolute atomic E-state index is 0.112. The van der Waals surface area contributed by atoms with E-state index in [1.165, 1.54) is 12.1 Å². The fourth-order valence-corrected chi connectivity index (χ4v) is 3.61. The summed E-state index contributed by atoms with van der Waals surface area (Å²) in [6.07, 6.45) is 0. The third kappa shape index (κ3) is 4.76. The minimum Gasteiger partial charge on any atom is -0.336 e. The Bertz CT molecular complexity index is 650. The Morgan fingerprint density at radius 3 is 2.48 bits per heavy atom. The SMILES string of the molecule is CC(C)CNS(=O)(=O)c1cccc(C(=O)N2CCN(C)CC2)c1. The molecule has 0 aromatic heterocycles. The van der Waals surface area contributed by atoms with Crippen LogP contribution in [0.15, 0.2) is 29.2 Å². The van der Waals surface area contributed by atoms with E-state index in [-0.39, 0.29) is 16.7 Å². The third-order valence-electron chi connectivity index (χ3n) is 3.86. The van der Waals surface area contributed by atoms with E-state index in [0.717, 1.165) is 13.1 Å². The minimum atomic E-state index is -3.58. The summed E-state index contributed by atoms with van der Waals surface area (Å²) in [7, 11) is -1.56. The van der Waals surface area contributed by atoms with Crippen molar-refractivity contribution in [2.24, 2.45) is 5.92 Å². The van der Waals surface area contributed by atoms with E-state index in [4.69, 9.17) is 0 Å². The van der Waals surface area contributed by atoms with Gasteiger partial charge in [0, 0.05) is 38.3 Å². The van der Waals surface area contributed by atoms with Gasteiger partial charge in [0.1, 0.15) is 0 Å². The molecule has 6 nitrogen and oxygen atoms in total. The summed E-state index contributed by atoms with van der Waals surface area (Å²) in [5.41, 5.74) is 0.418. The van der Waals surface area contributed by atoms with Crippen molar-refractivity contribution >= 4 is 15.9 Å². The van der Waals surface area contributed by atoms with Crippen molar-refractivity contribution in [1.82, 2.24) is 14.5 Å². The molecule has 2 rings (SSSR count). The standard InChI is InChI=1S/C16H25N3O3S/c1-13(2)12-17-23(21,22)15-6-4-5-14(11-15)16(20)19-9-7-18(3)8-10-19/h4-6,11,13,17H,7-10,12H2,1-3H3. The van der Waals surface area contributed by atoms with E-state index in [1.54, 1.807) is 17.0 Å². The zero-order chi connectivity index (χ0) is 17.0. The molecule has 1 aliphatic rings. The summed E-state index contributed by atoms with van der Waals surface area (Å²) >= 11 is 0. The van der Waals surface area contributed by atoms with Crippen molar-refractivity contribution in [3.05, 3.63) is 29.8 Å². The van der Waals surface area contributed by atoms with Gasteiger partial charge in [0.15, 0.2) is 0 Å². The number of benzene rings is 1. The van der Waals surface area contributed by atoms with Crippen LogP contribution >= 0.6 is 0 Å². The molecule has 1 aromatic rings. The van der Waals surface area contributed by atoms with Crippen LogP contribution < -0.4 is 4.72 Å². The first-order valence-electron chi connectivity index (χ1n) is 7.87. The number of rotatable bonds is 5. The van der Waals surface area contributed by atoms with E-state index in [2.05, 4.69) is 9.62 Å². The number of carbonyl (C=O) groups is 1. The molecule has 0 atom stereocenters. The molecule has 23 heavy (non-hydrogen) atoms. The molecule has 7 heteroatoms. The lowest BCUT2D eigenvalue weighted by atomic mass is 10.2. The monoisotopic (exact) mass is 339 g/mol. The predicted molar refractivity (Wildman–Crippen MR) is 89.9 cm³/mol. The molecule has 0 saturated carbocycles. The van der Waals surface area contributed by atoms with Crippen LogP contribution in [0.3, 0.4) is 0 Å². The summed E-state index contributed by atoms with van der Waals surface area (Å²) in [6, 6.07) is 6.27. The van der Waals surface area contributed by atoms with Crippen molar-refractivity contribution in [3.8, 4) is 0 Å². The number of amides is 1. The fraction of sp³-hybridized carbons (Fsp3) is 0.562. The Morgan fingerprint density at radius 2 is 1.87 bits per heavy atom. The van der Waals surface area contributed by atoms with Crippen LogP contribution in [-0.2, 0) is 10.0 Å². The van der Waals surface area contributed by atoms with Crippen LogP contribution in [0.1, 0.15) is 24.2 Å². The first-order valence-corrected chi connectivity index (χ1v) is 9.35. The Hall–Kier alpha value is -1.44. The van der Waals surface area contributed by atoms with Gasteiger partial charge in [-0.15, -0.1) is 0 Å². The number of nitrogens with zero attached hydrogens (tertiary/aromatic N) is 2. The average molecular weight is 339 g/mol. The van der Waals surface area contributed by atoms with Crippen molar-refractivity contribution in [3.63, 3.8) is 0 Å². The Kier molecular flexibility index (Phi) is 5.78. The van der Waals surface area contributed by atoms with Crippen LogP contribution in [0.2, 0.25) is 0 Å². The molecule has 1 fully saturated rings. The summed E-state index contributed by atoms with van der Waals surface area (Å²) in [5.74, 6) is 0.110. The van der Waals surface area contributed by atoms with Gasteiger partial charge < -0.3 is 9.80 Å². The highest BCUT2D eigenvalue weighted by atomic mass is 32.2. The van der Waals surface area contributed by atoms with Crippen molar-refractivity contribution in [2.75, 3.05) is 39.8 Å². The molecule has 1 aliphatic heterocycles. The number of hydrogen-bond donors (Lipinski definition) is 1. The lowest BCUT2D eigenvalue weighted by Crippen LogP contribution is -2.47. The smallest absolute Gasteiger partial charge is 0.253 e. The van der Waals surface area contributed by atoms with Crippen molar-refractivity contribution in [1.29, 1.82) is 0 Å². The van der Waals surface area contributed by atoms with Gasteiger partial charge in [-0.2, -0.15) is 0 Å². The van der Waals surface area contributed by atoms with Gasteiger partial charge in [-0.25, -0.2) is 13.1 Å². The molecule has 128 valence electrons. The Labute approximate surface area is 138 Å². The number of carbonyl (C=O) groups excluding carboxylic acids is 1. The second-order valence-electron chi connectivity index (χ2n) is 6.37. The highest BCUT2D eigenvalue weighted by Crippen LogP contribution is 2.14. The second kappa shape index (κ2) is 7.42. The molecule has 1 amide bonds. The maximum Gasteiger partial charge on any atom is 0.253 e. The highest BCUT2D eigenvalue weighted by molar-refractivity contribution is 7.89. The van der Waals surface area contributed by atoms with E-state index < -0.39 is 10.0 Å². The van der Waals surface area contributed by atoms with Gasteiger partial charge in [-0.3, -0.25) is 4.79 Å². The van der Waals surface area contributed by atoms with Gasteiger partial charge in [-0.1, -0.05) is 19.9 Å². The lowest BCUT2D eigenvalue weighted by Gasteiger charge is -2.32. The number of nitrogens with one attached hydrogen (secondary N) is 1. The maximum atomic E-state index is 12.5. The average Bonchev–Trinajstić information content (AvgIpc) is 2.53. The van der Waals surface area contributed by atoms with E-state index in [9.17, 15) is 13.2 Å². The normalized spacial score (nSPS) is 16.8. The van der Waals surface area contributed by atoms with Crippen molar-refractivity contribution in [2.45, 2.75) is 18.7 Å². The van der Waals surface area contributed by atoms with E-state index in [1.807, 2.05) is 20.9 Å². The Balaban J connectivity index is 2.14. The van der Waals surface area contributed by atoms with Gasteiger partial charge in [0.2, 0.25) is 10.0 Å². The molecule has 0 radical (unpaired) electrons. The lowest BCUT2D eigenvalue weighted by molar-refractivity contribution is 0.0664. The number of piperazine rings is 1. The molecular formula is C16H25N3O3S. The quantitative estimate of drug-likeness (QED) is 0.869. The number of hydrogen-bond acceptors (Lipinski definition) is 4. The molecule has 1 heterocycles. The second-order valence-corrected chi connectivity index (χ2v) is 8.14. The first kappa shape index (κ1) is 17.9. The number of likely N-dealkylation sites (N-methyl/N-ethyl adjacent to an activating group) is 1.